The molecule has 0 saturated heterocycles. The van der Waals surface area contributed by atoms with E-state index in [-0.39, 0.29) is 17.9 Å². The van der Waals surface area contributed by atoms with Crippen molar-refractivity contribution in [2.24, 2.45) is 5.92 Å². The first-order chi connectivity index (χ1) is 15.9. The predicted octanol–water partition coefficient (Wildman–Crippen LogP) is 5.74. The summed E-state index contributed by atoms with van der Waals surface area (Å²) in [7, 11) is 0. The Morgan fingerprint density at radius 3 is 2.45 bits per heavy atom. The molecule has 2 amide bonds. The van der Waals surface area contributed by atoms with Gasteiger partial charge in [0.1, 0.15) is 17.2 Å². The van der Waals surface area contributed by atoms with Crippen molar-refractivity contribution in [1.29, 1.82) is 0 Å². The van der Waals surface area contributed by atoms with Gasteiger partial charge in [-0.3, -0.25) is 14.9 Å². The van der Waals surface area contributed by atoms with E-state index in [1.54, 1.807) is 41.6 Å². The van der Waals surface area contributed by atoms with E-state index in [1.165, 1.54) is 24.2 Å². The lowest BCUT2D eigenvalue weighted by molar-refractivity contribution is -0.116. The zero-order valence-corrected chi connectivity index (χ0v) is 19.7. The van der Waals surface area contributed by atoms with Crippen molar-refractivity contribution in [2.75, 3.05) is 16.8 Å². The summed E-state index contributed by atoms with van der Waals surface area (Å²) in [6.07, 6.45) is 3.93. The second-order valence-electron chi connectivity index (χ2n) is 8.32. The second-order valence-corrected chi connectivity index (χ2v) is 9.21. The largest absolute Gasteiger partial charge is 0.491 e. The first-order valence-corrected chi connectivity index (χ1v) is 11.8. The van der Waals surface area contributed by atoms with Crippen LogP contribution < -0.4 is 19.7 Å². The summed E-state index contributed by atoms with van der Waals surface area (Å²) in [5, 5.41) is 5.10. The van der Waals surface area contributed by atoms with Crippen LogP contribution in [0.5, 0.6) is 17.2 Å². The standard InChI is InChI=1S/C25H27N3O4S/c1-16(2)31-22-12-19(24(30)27-25-26-10-11-33-25)13-23(14-22)32-21-8-6-20(7-9-21)28(17(3)29)15-18-4-5-18/h6-14,16,18H,4-5,15H2,1-3H3,(H,26,27,30). The number of rotatable bonds is 9. The SMILES string of the molecule is CC(=O)N(CC1CC1)c1ccc(Oc2cc(OC(C)C)cc(C(=O)Nc3nccs3)c2)cc1. The molecule has 0 unspecified atom stereocenters. The highest BCUT2D eigenvalue weighted by Crippen LogP contribution is 2.33. The molecule has 1 saturated carbocycles. The minimum Gasteiger partial charge on any atom is -0.491 e. The third-order valence-electron chi connectivity index (χ3n) is 5.07. The van der Waals surface area contributed by atoms with Gasteiger partial charge >= 0.3 is 0 Å². The molecule has 0 radical (unpaired) electrons. The number of anilines is 2. The first-order valence-electron chi connectivity index (χ1n) is 11.0. The Hall–Kier alpha value is -3.39. The van der Waals surface area contributed by atoms with Gasteiger partial charge in [-0.05, 0) is 69.0 Å². The van der Waals surface area contributed by atoms with E-state index in [9.17, 15) is 9.59 Å². The minimum atomic E-state index is -0.295. The first kappa shape index (κ1) is 22.8. The highest BCUT2D eigenvalue weighted by Gasteiger charge is 2.26. The van der Waals surface area contributed by atoms with Crippen molar-refractivity contribution in [2.45, 2.75) is 39.7 Å². The molecule has 4 rings (SSSR count). The fourth-order valence-corrected chi connectivity index (χ4v) is 3.88. The van der Waals surface area contributed by atoms with Gasteiger partial charge < -0.3 is 14.4 Å². The average molecular weight is 466 g/mol. The van der Waals surface area contributed by atoms with Gasteiger partial charge in [-0.2, -0.15) is 0 Å². The molecule has 1 heterocycles. The number of benzene rings is 2. The van der Waals surface area contributed by atoms with E-state index in [0.717, 1.165) is 12.2 Å². The Balaban J connectivity index is 1.53. The average Bonchev–Trinajstić information content (AvgIpc) is 3.45. The fraction of sp³-hybridized carbons (Fsp3) is 0.320. The van der Waals surface area contributed by atoms with Crippen LogP contribution in [-0.4, -0.2) is 29.4 Å². The maximum absolute atomic E-state index is 12.7. The fourth-order valence-electron chi connectivity index (χ4n) is 3.36. The zero-order chi connectivity index (χ0) is 23.4. The predicted molar refractivity (Wildman–Crippen MR) is 130 cm³/mol. The molecular formula is C25H27N3O4S. The van der Waals surface area contributed by atoms with Gasteiger partial charge in [0.05, 0.1) is 6.10 Å². The summed E-state index contributed by atoms with van der Waals surface area (Å²) in [4.78, 5) is 30.7. The van der Waals surface area contributed by atoms with Crippen LogP contribution in [0.2, 0.25) is 0 Å². The monoisotopic (exact) mass is 465 g/mol. The van der Waals surface area contributed by atoms with E-state index in [1.807, 2.05) is 38.1 Å². The Morgan fingerprint density at radius 1 is 1.12 bits per heavy atom. The van der Waals surface area contributed by atoms with Crippen molar-refractivity contribution >= 4 is 34.0 Å². The number of carbonyl (C=O) groups is 2. The van der Waals surface area contributed by atoms with Gasteiger partial charge in [0.2, 0.25) is 5.91 Å². The Bertz CT molecular complexity index is 1110. The molecule has 1 aliphatic rings. The molecule has 0 aliphatic heterocycles. The second kappa shape index (κ2) is 10.0. The van der Waals surface area contributed by atoms with E-state index < -0.39 is 0 Å². The van der Waals surface area contributed by atoms with Crippen LogP contribution in [0.25, 0.3) is 0 Å². The molecule has 0 spiro atoms. The van der Waals surface area contributed by atoms with Crippen LogP contribution in [0.15, 0.2) is 54.0 Å². The molecular weight excluding hydrogens is 438 g/mol. The van der Waals surface area contributed by atoms with Crippen LogP contribution in [0.3, 0.4) is 0 Å². The number of nitrogens with zero attached hydrogens (tertiary/aromatic N) is 2. The van der Waals surface area contributed by atoms with E-state index >= 15 is 0 Å². The number of amides is 2. The normalized spacial score (nSPS) is 13.0. The number of hydrogen-bond acceptors (Lipinski definition) is 6. The lowest BCUT2D eigenvalue weighted by Gasteiger charge is -2.21. The maximum Gasteiger partial charge on any atom is 0.257 e. The van der Waals surface area contributed by atoms with Crippen molar-refractivity contribution in [1.82, 2.24) is 4.98 Å². The lowest BCUT2D eigenvalue weighted by atomic mass is 10.2. The van der Waals surface area contributed by atoms with Crippen molar-refractivity contribution in [3.8, 4) is 17.2 Å². The molecule has 1 aliphatic carbocycles. The quantitative estimate of drug-likeness (QED) is 0.436. The molecule has 33 heavy (non-hydrogen) atoms. The molecule has 1 aromatic heterocycles. The van der Waals surface area contributed by atoms with Gasteiger partial charge in [-0.15, -0.1) is 11.3 Å². The van der Waals surface area contributed by atoms with Crippen LogP contribution >= 0.6 is 11.3 Å². The highest BCUT2D eigenvalue weighted by atomic mass is 32.1. The molecule has 0 atom stereocenters. The molecule has 172 valence electrons. The van der Waals surface area contributed by atoms with E-state index in [0.29, 0.717) is 33.9 Å². The third kappa shape index (κ3) is 6.32. The van der Waals surface area contributed by atoms with Gasteiger partial charge in [0, 0.05) is 42.4 Å². The molecule has 1 N–H and O–H groups in total. The molecule has 7 nitrogen and oxygen atoms in total. The van der Waals surface area contributed by atoms with Gasteiger partial charge in [0.25, 0.3) is 5.91 Å². The summed E-state index contributed by atoms with van der Waals surface area (Å²) < 4.78 is 11.9. The molecule has 1 fully saturated rings. The zero-order valence-electron chi connectivity index (χ0n) is 18.9. The van der Waals surface area contributed by atoms with Crippen molar-refractivity contribution < 1.29 is 19.1 Å². The Kier molecular flexibility index (Phi) is 6.93. The van der Waals surface area contributed by atoms with Crippen LogP contribution in [0, 0.1) is 5.92 Å². The van der Waals surface area contributed by atoms with Crippen LogP contribution in [0.1, 0.15) is 44.0 Å². The van der Waals surface area contributed by atoms with Gasteiger partial charge in [-0.25, -0.2) is 4.98 Å². The number of aromatic nitrogens is 1. The van der Waals surface area contributed by atoms with Crippen molar-refractivity contribution in [3.63, 3.8) is 0 Å². The van der Waals surface area contributed by atoms with E-state index in [4.69, 9.17) is 9.47 Å². The summed E-state index contributed by atoms with van der Waals surface area (Å²) in [6.45, 7) is 6.18. The molecule has 2 aromatic carbocycles. The van der Waals surface area contributed by atoms with E-state index in [2.05, 4.69) is 10.3 Å². The molecule has 8 heteroatoms. The van der Waals surface area contributed by atoms with Crippen LogP contribution in [0.4, 0.5) is 10.8 Å². The maximum atomic E-state index is 12.7. The summed E-state index contributed by atoms with van der Waals surface area (Å²) in [5.41, 5.74) is 1.25. The number of thiazole rings is 1. The summed E-state index contributed by atoms with van der Waals surface area (Å²) in [6, 6.07) is 12.5. The van der Waals surface area contributed by atoms with Crippen LogP contribution in [-0.2, 0) is 4.79 Å². The smallest absolute Gasteiger partial charge is 0.257 e. The molecule has 3 aromatic rings. The van der Waals surface area contributed by atoms with Gasteiger partial charge in [-0.1, -0.05) is 0 Å². The molecule has 0 bridgehead atoms. The summed E-state index contributed by atoms with van der Waals surface area (Å²) >= 11 is 1.35. The topological polar surface area (TPSA) is 80.8 Å². The lowest BCUT2D eigenvalue weighted by Crippen LogP contribution is -2.30. The summed E-state index contributed by atoms with van der Waals surface area (Å²) in [5.74, 6) is 1.95. The Morgan fingerprint density at radius 2 is 1.85 bits per heavy atom. The van der Waals surface area contributed by atoms with Gasteiger partial charge in [0.15, 0.2) is 5.13 Å². The number of carbonyl (C=O) groups excluding carboxylic acids is 2. The minimum absolute atomic E-state index is 0.0324. The highest BCUT2D eigenvalue weighted by molar-refractivity contribution is 7.13. The van der Waals surface area contributed by atoms with Crippen molar-refractivity contribution in [3.05, 3.63) is 59.6 Å². The Labute approximate surface area is 197 Å². The number of hydrogen-bond donors (Lipinski definition) is 1. The number of ether oxygens (including phenoxy) is 2. The number of nitrogens with one attached hydrogen (secondary N) is 1. The third-order valence-corrected chi connectivity index (χ3v) is 5.76.